The van der Waals surface area contributed by atoms with Gasteiger partial charge in [0, 0.05) is 12.2 Å². The lowest BCUT2D eigenvalue weighted by atomic mass is 10.3. The van der Waals surface area contributed by atoms with Gasteiger partial charge >= 0.3 is 11.9 Å². The third-order valence-corrected chi connectivity index (χ3v) is 3.28. The molecule has 0 radical (unpaired) electrons. The van der Waals surface area contributed by atoms with Gasteiger partial charge in [-0.15, -0.1) is 0 Å². The van der Waals surface area contributed by atoms with E-state index < -0.39 is 0 Å². The number of esters is 2. The van der Waals surface area contributed by atoms with E-state index in [9.17, 15) is 9.59 Å². The summed E-state index contributed by atoms with van der Waals surface area (Å²) >= 11 is 0. The Labute approximate surface area is 172 Å². The van der Waals surface area contributed by atoms with Gasteiger partial charge in [-0.2, -0.15) is 0 Å². The molecule has 0 spiro atoms. The molecule has 0 fully saturated rings. The minimum Gasteiger partial charge on any atom is -0.462 e. The van der Waals surface area contributed by atoms with E-state index in [1.165, 1.54) is 12.2 Å². The van der Waals surface area contributed by atoms with Crippen LogP contribution < -0.4 is 0 Å². The molecule has 0 aromatic rings. The van der Waals surface area contributed by atoms with Crippen LogP contribution in [0.3, 0.4) is 0 Å². The van der Waals surface area contributed by atoms with Gasteiger partial charge in [0.1, 0.15) is 0 Å². The smallest absolute Gasteiger partial charge is 0.330 e. The average Bonchev–Trinajstić information content (AvgIpc) is 2.68. The second-order valence-corrected chi connectivity index (χ2v) is 6.05. The van der Waals surface area contributed by atoms with E-state index in [0.29, 0.717) is 13.2 Å². The monoisotopic (exact) mass is 392 g/mol. The molecule has 0 amide bonds. The third-order valence-electron chi connectivity index (χ3n) is 3.28. The average molecular weight is 393 g/mol. The fourth-order valence-corrected chi connectivity index (χ4v) is 1.81. The number of unbranched alkanes of at least 4 members (excludes halogenated alkanes) is 2. The molecule has 0 bridgehead atoms. The summed E-state index contributed by atoms with van der Waals surface area (Å²) in [5.41, 5.74) is 0. The minimum atomic E-state index is -0.233. The molecular weight excluding hydrogens is 352 g/mol. The van der Waals surface area contributed by atoms with Crippen molar-refractivity contribution in [2.24, 2.45) is 0 Å². The molecule has 0 aromatic carbocycles. The Bertz CT molecular complexity index is 429. The van der Waals surface area contributed by atoms with Crippen LogP contribution in [0.2, 0.25) is 0 Å². The fourth-order valence-electron chi connectivity index (χ4n) is 1.81. The van der Waals surface area contributed by atoms with Gasteiger partial charge in [-0.25, -0.2) is 9.59 Å². The number of carbonyl (C=O) groups excluding carboxylic acids is 2. The fraction of sp³-hybridized carbons (Fsp3) is 0.583. The maximum Gasteiger partial charge on any atom is 0.330 e. The van der Waals surface area contributed by atoms with Gasteiger partial charge in [0.15, 0.2) is 0 Å². The van der Waals surface area contributed by atoms with E-state index in [2.05, 4.69) is 39.8 Å². The summed E-state index contributed by atoms with van der Waals surface area (Å²) in [6.07, 6.45) is 22.6. The molecule has 0 saturated heterocycles. The molecule has 0 heterocycles. The molecule has 4 nitrogen and oxygen atoms in total. The highest BCUT2D eigenvalue weighted by Gasteiger charge is 1.94. The maximum absolute atomic E-state index is 11.0. The van der Waals surface area contributed by atoms with Gasteiger partial charge < -0.3 is 9.47 Å². The van der Waals surface area contributed by atoms with Crippen molar-refractivity contribution in [3.05, 3.63) is 48.6 Å². The van der Waals surface area contributed by atoms with Crippen LogP contribution in [0.15, 0.2) is 48.6 Å². The van der Waals surface area contributed by atoms with Crippen molar-refractivity contribution < 1.29 is 19.1 Å². The molecule has 160 valence electrons. The summed E-state index contributed by atoms with van der Waals surface area (Å²) in [5.74, 6) is -0.466. The number of rotatable bonds is 14. The van der Waals surface area contributed by atoms with E-state index in [4.69, 9.17) is 9.47 Å². The number of allylic oxidation sites excluding steroid dienone is 4. The predicted molar refractivity (Wildman–Crippen MR) is 118 cm³/mol. The van der Waals surface area contributed by atoms with E-state index in [-0.39, 0.29) is 11.9 Å². The molecule has 28 heavy (non-hydrogen) atoms. The van der Waals surface area contributed by atoms with E-state index in [1.54, 1.807) is 0 Å². The summed E-state index contributed by atoms with van der Waals surface area (Å²) in [6.45, 7) is 9.26. The Hall–Kier alpha value is -2.10. The lowest BCUT2D eigenvalue weighted by Crippen LogP contribution is -2.01. The van der Waals surface area contributed by atoms with Crippen molar-refractivity contribution in [2.75, 3.05) is 13.2 Å². The number of hydrogen-bond donors (Lipinski definition) is 0. The molecule has 0 aromatic heterocycles. The van der Waals surface area contributed by atoms with Gasteiger partial charge in [0.25, 0.3) is 0 Å². The van der Waals surface area contributed by atoms with Crippen LogP contribution in [0.25, 0.3) is 0 Å². The van der Waals surface area contributed by atoms with Crippen LogP contribution in [0.1, 0.15) is 79.1 Å². The van der Waals surface area contributed by atoms with Crippen LogP contribution in [0.5, 0.6) is 0 Å². The van der Waals surface area contributed by atoms with E-state index in [1.807, 2.05) is 24.3 Å². The van der Waals surface area contributed by atoms with Gasteiger partial charge in [0.2, 0.25) is 0 Å². The second-order valence-electron chi connectivity index (χ2n) is 6.05. The lowest BCUT2D eigenvalue weighted by Gasteiger charge is -1.97. The first-order valence-corrected chi connectivity index (χ1v) is 10.6. The first-order chi connectivity index (χ1) is 13.6. The first kappa shape index (κ1) is 28.1. The van der Waals surface area contributed by atoms with Crippen molar-refractivity contribution in [3.63, 3.8) is 0 Å². The Morgan fingerprint density at radius 2 is 0.964 bits per heavy atom. The summed E-state index contributed by atoms with van der Waals surface area (Å²) in [4.78, 5) is 22.0. The highest BCUT2D eigenvalue weighted by atomic mass is 16.5. The van der Waals surface area contributed by atoms with E-state index in [0.717, 1.165) is 51.4 Å². The molecule has 0 aliphatic rings. The molecule has 0 atom stereocenters. The molecule has 4 heteroatoms. The van der Waals surface area contributed by atoms with Crippen molar-refractivity contribution in [1.82, 2.24) is 0 Å². The molecule has 0 saturated carbocycles. The maximum atomic E-state index is 11.0. The van der Waals surface area contributed by atoms with Crippen LogP contribution in [-0.4, -0.2) is 25.2 Å². The van der Waals surface area contributed by atoms with Crippen molar-refractivity contribution in [3.8, 4) is 0 Å². The Morgan fingerprint density at radius 1 is 0.571 bits per heavy atom. The lowest BCUT2D eigenvalue weighted by molar-refractivity contribution is -0.138. The standard InChI is InChI=1S/2C12H20O2/c2*1-3-5-7-9-11-14-12(13)10-8-6-4-2/h2*5,7-8,10H,3-4,6,9,11H2,1-2H3/b7-5?,10-8+;7-5-,10-8+. The topological polar surface area (TPSA) is 52.6 Å². The second kappa shape index (κ2) is 24.9. The predicted octanol–water partition coefficient (Wildman–Crippen LogP) is 6.48. The molecule has 0 unspecified atom stereocenters. The Kier molecular flexibility index (Phi) is 25.0. The molecule has 0 rings (SSSR count). The highest BCUT2D eigenvalue weighted by molar-refractivity contribution is 5.82. The zero-order valence-corrected chi connectivity index (χ0v) is 18.3. The van der Waals surface area contributed by atoms with Crippen LogP contribution in [-0.2, 0) is 19.1 Å². The van der Waals surface area contributed by atoms with Gasteiger partial charge in [-0.05, 0) is 38.5 Å². The largest absolute Gasteiger partial charge is 0.462 e. The van der Waals surface area contributed by atoms with Crippen LogP contribution in [0, 0.1) is 0 Å². The molecule has 0 aliphatic heterocycles. The van der Waals surface area contributed by atoms with Gasteiger partial charge in [-0.3, -0.25) is 0 Å². The first-order valence-electron chi connectivity index (χ1n) is 10.6. The van der Waals surface area contributed by atoms with Crippen molar-refractivity contribution in [1.29, 1.82) is 0 Å². The van der Waals surface area contributed by atoms with Gasteiger partial charge in [0.05, 0.1) is 13.2 Å². The number of ether oxygens (including phenoxy) is 2. The van der Waals surface area contributed by atoms with Crippen molar-refractivity contribution >= 4 is 11.9 Å². The van der Waals surface area contributed by atoms with E-state index >= 15 is 0 Å². The van der Waals surface area contributed by atoms with Crippen LogP contribution >= 0.6 is 0 Å². The number of carbonyl (C=O) groups is 2. The SMILES string of the molecule is CC/C=C\CCOC(=O)/C=C/CCC.CCC=CCCOC(=O)/C=C/CCC. The highest BCUT2D eigenvalue weighted by Crippen LogP contribution is 1.93. The van der Waals surface area contributed by atoms with Gasteiger partial charge in [-0.1, -0.05) is 77.0 Å². The zero-order valence-electron chi connectivity index (χ0n) is 18.3. The molecule has 0 aliphatic carbocycles. The van der Waals surface area contributed by atoms with Crippen molar-refractivity contribution in [2.45, 2.75) is 79.1 Å². The Balaban J connectivity index is 0. The zero-order chi connectivity index (χ0) is 21.3. The summed E-state index contributed by atoms with van der Waals surface area (Å²) in [6, 6.07) is 0. The summed E-state index contributed by atoms with van der Waals surface area (Å²) in [5, 5.41) is 0. The molecular formula is C24H40O4. The number of hydrogen-bond acceptors (Lipinski definition) is 4. The minimum absolute atomic E-state index is 0.233. The van der Waals surface area contributed by atoms with Crippen LogP contribution in [0.4, 0.5) is 0 Å². The summed E-state index contributed by atoms with van der Waals surface area (Å²) in [7, 11) is 0. The molecule has 0 N–H and O–H groups in total. The third kappa shape index (κ3) is 26.1. The quantitative estimate of drug-likeness (QED) is 0.147. The normalized spacial score (nSPS) is 11.3. The Morgan fingerprint density at radius 3 is 1.29 bits per heavy atom. The summed E-state index contributed by atoms with van der Waals surface area (Å²) < 4.78 is 9.92.